The molecule has 1 heterocycles. The number of anilines is 1. The van der Waals surface area contributed by atoms with E-state index < -0.39 is 0 Å². The van der Waals surface area contributed by atoms with E-state index >= 15 is 0 Å². The topological polar surface area (TPSA) is 66.9 Å². The zero-order chi connectivity index (χ0) is 15.9. The smallest absolute Gasteiger partial charge is 0.270 e. The van der Waals surface area contributed by atoms with Gasteiger partial charge in [-0.15, -0.1) is 0 Å². The van der Waals surface area contributed by atoms with Crippen LogP contribution < -0.4 is 10.6 Å². The Balaban J connectivity index is 1.49. The molecule has 0 aromatic carbocycles. The standard InChI is InChI=1S/C18H26N4O/c23-18(19-11-10-14-6-2-1-3-7-14)16-12-17(21-13-20-16)22-15-8-4-5-9-15/h6,12-13,15H,1-5,7-11H2,(H,19,23)(H,20,21,22). The van der Waals surface area contributed by atoms with Crippen molar-refractivity contribution in [3.05, 3.63) is 29.7 Å². The second kappa shape index (κ2) is 8.09. The highest BCUT2D eigenvalue weighted by molar-refractivity contribution is 5.92. The summed E-state index contributed by atoms with van der Waals surface area (Å²) >= 11 is 0. The van der Waals surface area contributed by atoms with Crippen molar-refractivity contribution in [1.29, 1.82) is 0 Å². The summed E-state index contributed by atoms with van der Waals surface area (Å²) in [7, 11) is 0. The van der Waals surface area contributed by atoms with Crippen molar-refractivity contribution >= 4 is 11.7 Å². The van der Waals surface area contributed by atoms with Crippen molar-refractivity contribution in [1.82, 2.24) is 15.3 Å². The molecule has 5 heteroatoms. The molecule has 23 heavy (non-hydrogen) atoms. The van der Waals surface area contributed by atoms with Gasteiger partial charge in [-0.05, 0) is 44.9 Å². The number of hydrogen-bond donors (Lipinski definition) is 2. The van der Waals surface area contributed by atoms with Gasteiger partial charge in [-0.1, -0.05) is 24.5 Å². The summed E-state index contributed by atoms with van der Waals surface area (Å²) in [6.07, 6.45) is 14.6. The Labute approximate surface area is 138 Å². The average Bonchev–Trinajstić information content (AvgIpc) is 3.09. The van der Waals surface area contributed by atoms with Crippen LogP contribution in [0.4, 0.5) is 5.82 Å². The van der Waals surface area contributed by atoms with Gasteiger partial charge in [0.15, 0.2) is 0 Å². The van der Waals surface area contributed by atoms with E-state index in [4.69, 9.17) is 0 Å². The molecule has 1 aromatic rings. The van der Waals surface area contributed by atoms with Crippen molar-refractivity contribution in [2.75, 3.05) is 11.9 Å². The monoisotopic (exact) mass is 314 g/mol. The molecular formula is C18H26N4O. The first-order valence-electron chi connectivity index (χ1n) is 8.86. The Morgan fingerprint density at radius 3 is 2.83 bits per heavy atom. The molecule has 1 aromatic heterocycles. The lowest BCUT2D eigenvalue weighted by Crippen LogP contribution is -2.26. The minimum Gasteiger partial charge on any atom is -0.367 e. The van der Waals surface area contributed by atoms with Crippen molar-refractivity contribution < 1.29 is 4.79 Å². The number of nitrogens with zero attached hydrogens (tertiary/aromatic N) is 2. The van der Waals surface area contributed by atoms with Crippen molar-refractivity contribution in [3.63, 3.8) is 0 Å². The second-order valence-electron chi connectivity index (χ2n) is 6.53. The lowest BCUT2D eigenvalue weighted by Gasteiger charge is -2.14. The lowest BCUT2D eigenvalue weighted by molar-refractivity contribution is 0.0949. The summed E-state index contributed by atoms with van der Waals surface area (Å²) in [5.74, 6) is 0.644. The average molecular weight is 314 g/mol. The van der Waals surface area contributed by atoms with Crippen LogP contribution in [-0.2, 0) is 0 Å². The van der Waals surface area contributed by atoms with E-state index in [-0.39, 0.29) is 5.91 Å². The number of rotatable bonds is 6. The Morgan fingerprint density at radius 1 is 1.17 bits per heavy atom. The lowest BCUT2D eigenvalue weighted by atomic mass is 9.97. The van der Waals surface area contributed by atoms with Gasteiger partial charge in [0.2, 0.25) is 0 Å². The first-order valence-corrected chi connectivity index (χ1v) is 8.86. The molecule has 0 bridgehead atoms. The number of hydrogen-bond acceptors (Lipinski definition) is 4. The van der Waals surface area contributed by atoms with Gasteiger partial charge in [-0.3, -0.25) is 4.79 Å². The molecule has 1 saturated carbocycles. The summed E-state index contributed by atoms with van der Waals surface area (Å²) in [5.41, 5.74) is 1.92. The van der Waals surface area contributed by atoms with E-state index in [0.717, 1.165) is 12.2 Å². The normalized spacial score (nSPS) is 18.5. The second-order valence-corrected chi connectivity index (χ2v) is 6.53. The molecule has 1 amide bonds. The molecule has 2 N–H and O–H groups in total. The van der Waals surface area contributed by atoms with Crippen LogP contribution >= 0.6 is 0 Å². The van der Waals surface area contributed by atoms with Gasteiger partial charge in [0.05, 0.1) is 0 Å². The fourth-order valence-corrected chi connectivity index (χ4v) is 3.40. The highest BCUT2D eigenvalue weighted by atomic mass is 16.1. The Bertz CT molecular complexity index is 564. The van der Waals surface area contributed by atoms with Gasteiger partial charge < -0.3 is 10.6 Å². The number of carbonyl (C=O) groups excluding carboxylic acids is 1. The number of allylic oxidation sites excluding steroid dienone is 1. The van der Waals surface area contributed by atoms with Crippen LogP contribution in [0.1, 0.15) is 68.3 Å². The van der Waals surface area contributed by atoms with Gasteiger partial charge in [-0.25, -0.2) is 9.97 Å². The quantitative estimate of drug-likeness (QED) is 0.789. The van der Waals surface area contributed by atoms with Gasteiger partial charge in [0.25, 0.3) is 5.91 Å². The van der Waals surface area contributed by atoms with Gasteiger partial charge >= 0.3 is 0 Å². The Kier molecular flexibility index (Phi) is 5.61. The third-order valence-corrected chi connectivity index (χ3v) is 4.72. The van der Waals surface area contributed by atoms with Crippen molar-refractivity contribution in [2.45, 2.75) is 63.8 Å². The van der Waals surface area contributed by atoms with E-state index in [1.165, 1.54) is 63.3 Å². The van der Waals surface area contributed by atoms with Crippen LogP contribution in [0.15, 0.2) is 24.0 Å². The SMILES string of the molecule is O=C(NCCC1=CCCCC1)c1cc(NC2CCCC2)ncn1. The summed E-state index contributed by atoms with van der Waals surface area (Å²) in [4.78, 5) is 20.6. The molecule has 124 valence electrons. The molecule has 0 saturated heterocycles. The Morgan fingerprint density at radius 2 is 2.04 bits per heavy atom. The van der Waals surface area contributed by atoms with Crippen LogP contribution in [0, 0.1) is 0 Å². The zero-order valence-corrected chi connectivity index (χ0v) is 13.7. The summed E-state index contributed by atoms with van der Waals surface area (Å²) in [6, 6.07) is 2.24. The van der Waals surface area contributed by atoms with E-state index in [1.807, 2.05) is 0 Å². The molecule has 1 fully saturated rings. The molecule has 0 unspecified atom stereocenters. The molecule has 0 radical (unpaired) electrons. The third kappa shape index (κ3) is 4.78. The zero-order valence-electron chi connectivity index (χ0n) is 13.7. The Hall–Kier alpha value is -1.91. The van der Waals surface area contributed by atoms with Crippen LogP contribution in [0.25, 0.3) is 0 Å². The molecule has 2 aliphatic rings. The number of carbonyl (C=O) groups is 1. The van der Waals surface area contributed by atoms with E-state index in [1.54, 1.807) is 6.07 Å². The van der Waals surface area contributed by atoms with Gasteiger partial charge in [0.1, 0.15) is 17.8 Å². The van der Waals surface area contributed by atoms with E-state index in [9.17, 15) is 4.79 Å². The fraction of sp³-hybridized carbons (Fsp3) is 0.611. The minimum absolute atomic E-state index is 0.113. The molecule has 0 atom stereocenters. The number of aromatic nitrogens is 2. The minimum atomic E-state index is -0.113. The van der Waals surface area contributed by atoms with Gasteiger partial charge in [0, 0.05) is 18.7 Å². The fourth-order valence-electron chi connectivity index (χ4n) is 3.40. The van der Waals surface area contributed by atoms with Gasteiger partial charge in [-0.2, -0.15) is 0 Å². The highest BCUT2D eigenvalue weighted by Crippen LogP contribution is 2.21. The predicted molar refractivity (Wildman–Crippen MR) is 91.4 cm³/mol. The molecule has 0 spiro atoms. The molecule has 5 nitrogen and oxygen atoms in total. The van der Waals surface area contributed by atoms with E-state index in [2.05, 4.69) is 26.7 Å². The van der Waals surface area contributed by atoms with Crippen LogP contribution in [0.5, 0.6) is 0 Å². The predicted octanol–water partition coefficient (Wildman–Crippen LogP) is 3.45. The highest BCUT2D eigenvalue weighted by Gasteiger charge is 2.16. The first-order chi connectivity index (χ1) is 11.3. The van der Waals surface area contributed by atoms with Crippen LogP contribution in [0.3, 0.4) is 0 Å². The molecule has 3 rings (SSSR count). The first kappa shape index (κ1) is 16.0. The maximum Gasteiger partial charge on any atom is 0.270 e. The largest absolute Gasteiger partial charge is 0.367 e. The van der Waals surface area contributed by atoms with E-state index in [0.29, 0.717) is 18.3 Å². The third-order valence-electron chi connectivity index (χ3n) is 4.72. The van der Waals surface area contributed by atoms with Crippen molar-refractivity contribution in [3.8, 4) is 0 Å². The molecule has 0 aliphatic heterocycles. The van der Waals surface area contributed by atoms with Crippen LogP contribution in [0.2, 0.25) is 0 Å². The summed E-state index contributed by atoms with van der Waals surface area (Å²) in [5, 5.41) is 6.37. The molecular weight excluding hydrogens is 288 g/mol. The maximum atomic E-state index is 12.2. The van der Waals surface area contributed by atoms with Crippen molar-refractivity contribution in [2.24, 2.45) is 0 Å². The summed E-state index contributed by atoms with van der Waals surface area (Å²) in [6.45, 7) is 0.681. The number of nitrogens with one attached hydrogen (secondary N) is 2. The van der Waals surface area contributed by atoms with Crippen LogP contribution in [-0.4, -0.2) is 28.5 Å². The maximum absolute atomic E-state index is 12.2. The summed E-state index contributed by atoms with van der Waals surface area (Å²) < 4.78 is 0. The molecule has 2 aliphatic carbocycles. The number of amides is 1.